The summed E-state index contributed by atoms with van der Waals surface area (Å²) >= 11 is 0. The topological polar surface area (TPSA) is 64.3 Å². The zero-order valence-corrected chi connectivity index (χ0v) is 12.1. The lowest BCUT2D eigenvalue weighted by Crippen LogP contribution is -2.13. The molecule has 0 saturated heterocycles. The zero-order valence-electron chi connectivity index (χ0n) is 12.1. The van der Waals surface area contributed by atoms with Crippen molar-refractivity contribution >= 4 is 11.7 Å². The Kier molecular flexibility index (Phi) is 6.36. The van der Waals surface area contributed by atoms with E-state index in [1.165, 1.54) is 7.11 Å². The average molecular weight is 264 g/mol. The molecule has 0 fully saturated rings. The van der Waals surface area contributed by atoms with Crippen LogP contribution in [0.15, 0.2) is 12.1 Å². The molecule has 0 saturated carbocycles. The van der Waals surface area contributed by atoms with Gasteiger partial charge in [0, 0.05) is 12.2 Å². The van der Waals surface area contributed by atoms with E-state index in [1.54, 1.807) is 0 Å². The molecule has 0 heterocycles. The number of carbonyl (C=O) groups excluding carboxylic acids is 1. The lowest BCUT2D eigenvalue weighted by atomic mass is 9.97. The molecular weight excluding hydrogens is 240 g/mol. The predicted octanol–water partition coefficient (Wildman–Crippen LogP) is 2.49. The number of nitrogens with two attached hydrogens (primary N) is 1. The van der Waals surface area contributed by atoms with Crippen molar-refractivity contribution in [2.24, 2.45) is 5.73 Å². The Labute approximate surface area is 115 Å². The van der Waals surface area contributed by atoms with Crippen LogP contribution in [-0.2, 0) is 11.2 Å². The van der Waals surface area contributed by atoms with Gasteiger partial charge in [0.2, 0.25) is 0 Å². The van der Waals surface area contributed by atoms with Crippen LogP contribution in [0.2, 0.25) is 0 Å². The smallest absolute Gasteiger partial charge is 0.338 e. The number of esters is 1. The number of methoxy groups -OCH3 is 1. The molecule has 1 aromatic rings. The average Bonchev–Trinajstić information content (AvgIpc) is 2.42. The van der Waals surface area contributed by atoms with E-state index in [4.69, 9.17) is 10.5 Å². The molecule has 4 heteroatoms. The van der Waals surface area contributed by atoms with E-state index >= 15 is 0 Å². The van der Waals surface area contributed by atoms with Gasteiger partial charge in [-0.3, -0.25) is 0 Å². The molecule has 0 aromatic heterocycles. The van der Waals surface area contributed by atoms with Gasteiger partial charge in [-0.1, -0.05) is 13.3 Å². The molecule has 0 unspecified atom stereocenters. The molecule has 0 atom stereocenters. The van der Waals surface area contributed by atoms with Gasteiger partial charge in [0.25, 0.3) is 0 Å². The van der Waals surface area contributed by atoms with E-state index in [0.717, 1.165) is 36.2 Å². The molecule has 0 bridgehead atoms. The molecule has 0 aliphatic rings. The number of rotatable bonds is 7. The van der Waals surface area contributed by atoms with Crippen molar-refractivity contribution in [3.8, 4) is 0 Å². The Morgan fingerprint density at radius 1 is 1.42 bits per heavy atom. The third kappa shape index (κ3) is 3.96. The van der Waals surface area contributed by atoms with Crippen LogP contribution >= 0.6 is 0 Å². The van der Waals surface area contributed by atoms with Crippen LogP contribution in [0.1, 0.15) is 41.3 Å². The molecule has 0 spiro atoms. The lowest BCUT2D eigenvalue weighted by molar-refractivity contribution is 0.0599. The molecule has 0 aliphatic carbocycles. The Hall–Kier alpha value is -1.55. The van der Waals surface area contributed by atoms with Gasteiger partial charge in [0.05, 0.1) is 12.7 Å². The minimum Gasteiger partial charge on any atom is -0.465 e. The molecule has 106 valence electrons. The number of hydrogen-bond acceptors (Lipinski definition) is 4. The number of nitrogens with one attached hydrogen (secondary N) is 1. The van der Waals surface area contributed by atoms with Gasteiger partial charge in [-0.15, -0.1) is 0 Å². The van der Waals surface area contributed by atoms with E-state index < -0.39 is 0 Å². The highest BCUT2D eigenvalue weighted by Gasteiger charge is 2.15. The first kappa shape index (κ1) is 15.5. The van der Waals surface area contributed by atoms with Crippen molar-refractivity contribution in [3.63, 3.8) is 0 Å². The third-order valence-electron chi connectivity index (χ3n) is 3.24. The van der Waals surface area contributed by atoms with Crippen LogP contribution in [-0.4, -0.2) is 26.2 Å². The van der Waals surface area contributed by atoms with Crippen molar-refractivity contribution < 1.29 is 9.53 Å². The van der Waals surface area contributed by atoms with Crippen LogP contribution in [0.4, 0.5) is 5.69 Å². The molecular formula is C15H24N2O2. The van der Waals surface area contributed by atoms with Gasteiger partial charge in [0.1, 0.15) is 0 Å². The fourth-order valence-electron chi connectivity index (χ4n) is 2.12. The second kappa shape index (κ2) is 7.79. The normalized spacial score (nSPS) is 10.3. The summed E-state index contributed by atoms with van der Waals surface area (Å²) in [5.41, 5.74) is 9.40. The molecule has 1 aromatic carbocycles. The van der Waals surface area contributed by atoms with Crippen molar-refractivity contribution in [3.05, 3.63) is 28.8 Å². The molecule has 0 aliphatic heterocycles. The van der Waals surface area contributed by atoms with Crippen LogP contribution in [0.3, 0.4) is 0 Å². The van der Waals surface area contributed by atoms with E-state index in [9.17, 15) is 4.79 Å². The summed E-state index contributed by atoms with van der Waals surface area (Å²) in [4.78, 5) is 11.7. The van der Waals surface area contributed by atoms with Crippen molar-refractivity contribution in [2.75, 3.05) is 25.5 Å². The second-order valence-electron chi connectivity index (χ2n) is 4.57. The highest BCUT2D eigenvalue weighted by Crippen LogP contribution is 2.24. The standard InChI is InChI=1S/C15H24N2O2/c1-4-5-10-17-14-7-6-13(15(18)19-3)12(8-9-16)11(14)2/h6-7,17H,4-5,8-10,16H2,1-3H3. The Bertz CT molecular complexity index is 430. The monoisotopic (exact) mass is 264 g/mol. The maximum absolute atomic E-state index is 11.7. The molecule has 0 amide bonds. The molecule has 1 rings (SSSR count). The lowest BCUT2D eigenvalue weighted by Gasteiger charge is -2.16. The number of hydrogen-bond donors (Lipinski definition) is 2. The molecule has 19 heavy (non-hydrogen) atoms. The molecule has 3 N–H and O–H groups in total. The van der Waals surface area contributed by atoms with Crippen molar-refractivity contribution in [2.45, 2.75) is 33.1 Å². The number of benzene rings is 1. The summed E-state index contributed by atoms with van der Waals surface area (Å²) in [7, 11) is 1.40. The summed E-state index contributed by atoms with van der Waals surface area (Å²) < 4.78 is 4.82. The van der Waals surface area contributed by atoms with Crippen LogP contribution in [0.5, 0.6) is 0 Å². The minimum atomic E-state index is -0.299. The predicted molar refractivity (Wildman–Crippen MR) is 78.7 cm³/mol. The summed E-state index contributed by atoms with van der Waals surface area (Å²) in [6.45, 7) is 5.64. The summed E-state index contributed by atoms with van der Waals surface area (Å²) in [6, 6.07) is 3.76. The third-order valence-corrected chi connectivity index (χ3v) is 3.24. The summed E-state index contributed by atoms with van der Waals surface area (Å²) in [6.07, 6.45) is 2.96. The SMILES string of the molecule is CCCCNc1ccc(C(=O)OC)c(CCN)c1C. The maximum Gasteiger partial charge on any atom is 0.338 e. The number of carbonyl (C=O) groups is 1. The largest absolute Gasteiger partial charge is 0.465 e. The Balaban J connectivity index is 3.04. The van der Waals surface area contributed by atoms with Gasteiger partial charge < -0.3 is 15.8 Å². The van der Waals surface area contributed by atoms with Crippen molar-refractivity contribution in [1.82, 2.24) is 0 Å². The van der Waals surface area contributed by atoms with Crippen LogP contribution in [0.25, 0.3) is 0 Å². The highest BCUT2D eigenvalue weighted by molar-refractivity contribution is 5.92. The highest BCUT2D eigenvalue weighted by atomic mass is 16.5. The molecule has 0 radical (unpaired) electrons. The number of anilines is 1. The van der Waals surface area contributed by atoms with E-state index in [0.29, 0.717) is 18.5 Å². The van der Waals surface area contributed by atoms with Gasteiger partial charge in [-0.2, -0.15) is 0 Å². The van der Waals surface area contributed by atoms with Gasteiger partial charge in [-0.25, -0.2) is 4.79 Å². The number of unbranched alkanes of at least 4 members (excludes halogenated alkanes) is 1. The fourth-order valence-corrected chi connectivity index (χ4v) is 2.12. The first-order valence-electron chi connectivity index (χ1n) is 6.80. The Morgan fingerprint density at radius 2 is 2.16 bits per heavy atom. The van der Waals surface area contributed by atoms with Crippen LogP contribution in [0, 0.1) is 6.92 Å². The van der Waals surface area contributed by atoms with Crippen LogP contribution < -0.4 is 11.1 Å². The van der Waals surface area contributed by atoms with E-state index in [2.05, 4.69) is 12.2 Å². The minimum absolute atomic E-state index is 0.299. The first-order valence-corrected chi connectivity index (χ1v) is 6.80. The van der Waals surface area contributed by atoms with Gasteiger partial charge >= 0.3 is 5.97 Å². The zero-order chi connectivity index (χ0) is 14.3. The summed E-state index contributed by atoms with van der Waals surface area (Å²) in [5.74, 6) is -0.299. The van der Waals surface area contributed by atoms with E-state index in [1.807, 2.05) is 19.1 Å². The van der Waals surface area contributed by atoms with E-state index in [-0.39, 0.29) is 5.97 Å². The second-order valence-corrected chi connectivity index (χ2v) is 4.57. The van der Waals surface area contributed by atoms with Gasteiger partial charge in [0.15, 0.2) is 0 Å². The quantitative estimate of drug-likeness (QED) is 0.586. The molecule has 4 nitrogen and oxygen atoms in total. The Morgan fingerprint density at radius 3 is 2.74 bits per heavy atom. The fraction of sp³-hybridized carbons (Fsp3) is 0.533. The number of ether oxygens (including phenoxy) is 1. The van der Waals surface area contributed by atoms with Crippen molar-refractivity contribution in [1.29, 1.82) is 0 Å². The summed E-state index contributed by atoms with van der Waals surface area (Å²) in [5, 5.41) is 3.40. The van der Waals surface area contributed by atoms with Gasteiger partial charge in [-0.05, 0) is 49.6 Å². The first-order chi connectivity index (χ1) is 9.15. The maximum atomic E-state index is 11.7.